The van der Waals surface area contributed by atoms with E-state index in [2.05, 4.69) is 36.6 Å². The van der Waals surface area contributed by atoms with Gasteiger partial charge in [-0.05, 0) is 65.8 Å². The molecule has 1 aliphatic carbocycles. The number of halogens is 1. The van der Waals surface area contributed by atoms with Crippen molar-refractivity contribution in [2.45, 2.75) is 18.9 Å². The summed E-state index contributed by atoms with van der Waals surface area (Å²) in [4.78, 5) is 4.58. The molecule has 0 spiro atoms. The minimum Gasteiger partial charge on any atom is -0.350 e. The van der Waals surface area contributed by atoms with Crippen LogP contribution in [0.25, 0.3) is 5.65 Å². The fourth-order valence-electron chi connectivity index (χ4n) is 3.40. The summed E-state index contributed by atoms with van der Waals surface area (Å²) in [5, 5.41) is 11.6. The molecule has 1 saturated carbocycles. The second-order valence-corrected chi connectivity index (χ2v) is 6.34. The molecule has 0 aromatic carbocycles. The van der Waals surface area contributed by atoms with Crippen molar-refractivity contribution in [3.05, 3.63) is 22.8 Å². The highest BCUT2D eigenvalue weighted by Gasteiger charge is 2.39. The molecule has 2 bridgehead atoms. The third kappa shape index (κ3) is 1.94. The number of rotatable bonds is 2. The summed E-state index contributed by atoms with van der Waals surface area (Å²) in [6, 6.07) is 4.48. The SMILES string of the molecule is Brc1cccn2nc(NC3C4CCC3CNC4)nc12. The Kier molecular flexibility index (Phi) is 2.73. The van der Waals surface area contributed by atoms with Gasteiger partial charge in [-0.3, -0.25) is 0 Å². The first-order valence-corrected chi connectivity index (χ1v) is 7.59. The van der Waals surface area contributed by atoms with Gasteiger partial charge in [0.1, 0.15) is 0 Å². The van der Waals surface area contributed by atoms with Crippen molar-refractivity contribution in [3.8, 4) is 0 Å². The molecular formula is C13H16BrN5. The third-order valence-electron chi connectivity index (χ3n) is 4.35. The maximum absolute atomic E-state index is 4.58. The van der Waals surface area contributed by atoms with E-state index >= 15 is 0 Å². The zero-order valence-corrected chi connectivity index (χ0v) is 12.1. The molecule has 5 nitrogen and oxygen atoms in total. The van der Waals surface area contributed by atoms with Crippen LogP contribution in [-0.2, 0) is 0 Å². The lowest BCUT2D eigenvalue weighted by molar-refractivity contribution is 0.341. The summed E-state index contributed by atoms with van der Waals surface area (Å²) in [5.74, 6) is 2.18. The first kappa shape index (κ1) is 11.7. The quantitative estimate of drug-likeness (QED) is 0.887. The molecule has 2 aliphatic rings. The van der Waals surface area contributed by atoms with Crippen LogP contribution < -0.4 is 10.6 Å². The summed E-state index contributed by atoms with van der Waals surface area (Å²) >= 11 is 3.51. The summed E-state index contributed by atoms with van der Waals surface area (Å²) < 4.78 is 2.79. The Hall–Kier alpha value is -1.14. The number of anilines is 1. The van der Waals surface area contributed by atoms with Crippen LogP contribution in [-0.4, -0.2) is 33.7 Å². The standard InChI is InChI=1S/C13H16BrN5/c14-10-2-1-5-19-12(10)17-13(18-19)16-11-8-3-4-9(11)7-15-6-8/h1-2,5,8-9,11,15H,3-4,6-7H2,(H,16,18). The Morgan fingerprint density at radius 3 is 2.84 bits per heavy atom. The first-order valence-electron chi connectivity index (χ1n) is 6.79. The summed E-state index contributed by atoms with van der Waals surface area (Å²) in [5.41, 5.74) is 0.867. The molecule has 4 rings (SSSR count). The largest absolute Gasteiger partial charge is 0.350 e. The lowest BCUT2D eigenvalue weighted by atomic mass is 9.94. The maximum atomic E-state index is 4.58. The van der Waals surface area contributed by atoms with Gasteiger partial charge in [0, 0.05) is 12.2 Å². The van der Waals surface area contributed by atoms with Crippen LogP contribution in [0, 0.1) is 11.8 Å². The molecule has 6 heteroatoms. The van der Waals surface area contributed by atoms with Crippen LogP contribution >= 0.6 is 15.9 Å². The van der Waals surface area contributed by atoms with Crippen molar-refractivity contribution >= 4 is 27.5 Å². The molecule has 1 saturated heterocycles. The Morgan fingerprint density at radius 1 is 1.32 bits per heavy atom. The van der Waals surface area contributed by atoms with E-state index < -0.39 is 0 Å². The molecule has 1 aliphatic heterocycles. The second kappa shape index (κ2) is 4.45. The minimum absolute atomic E-state index is 0.525. The predicted octanol–water partition coefficient (Wildman–Crippen LogP) is 1.90. The van der Waals surface area contributed by atoms with E-state index in [1.54, 1.807) is 0 Å². The Balaban J connectivity index is 1.63. The molecule has 0 amide bonds. The van der Waals surface area contributed by atoms with E-state index in [1.807, 2.05) is 22.8 Å². The van der Waals surface area contributed by atoms with E-state index in [4.69, 9.17) is 0 Å². The van der Waals surface area contributed by atoms with Crippen molar-refractivity contribution in [1.82, 2.24) is 19.9 Å². The van der Waals surface area contributed by atoms with E-state index in [0.717, 1.165) is 29.2 Å². The number of fused-ring (bicyclic) bond motifs is 3. The zero-order valence-electron chi connectivity index (χ0n) is 10.5. The maximum Gasteiger partial charge on any atom is 0.243 e. The fraction of sp³-hybridized carbons (Fsp3) is 0.538. The fourth-order valence-corrected chi connectivity index (χ4v) is 3.83. The molecule has 100 valence electrons. The molecule has 2 aromatic heterocycles. The van der Waals surface area contributed by atoms with Crippen molar-refractivity contribution in [1.29, 1.82) is 0 Å². The smallest absolute Gasteiger partial charge is 0.243 e. The molecule has 2 atom stereocenters. The van der Waals surface area contributed by atoms with Gasteiger partial charge < -0.3 is 10.6 Å². The number of nitrogens with zero attached hydrogens (tertiary/aromatic N) is 3. The summed E-state index contributed by atoms with van der Waals surface area (Å²) in [6.45, 7) is 2.23. The molecule has 2 fully saturated rings. The monoisotopic (exact) mass is 321 g/mol. The minimum atomic E-state index is 0.525. The molecule has 3 heterocycles. The second-order valence-electron chi connectivity index (χ2n) is 5.49. The highest BCUT2D eigenvalue weighted by Crippen LogP contribution is 2.35. The van der Waals surface area contributed by atoms with Crippen LogP contribution in [0.5, 0.6) is 0 Å². The average molecular weight is 322 g/mol. The number of hydrogen-bond donors (Lipinski definition) is 2. The first-order chi connectivity index (χ1) is 9.31. The lowest BCUT2D eigenvalue weighted by Gasteiger charge is -2.30. The van der Waals surface area contributed by atoms with Gasteiger partial charge in [0.2, 0.25) is 5.95 Å². The van der Waals surface area contributed by atoms with Crippen LogP contribution in [0.1, 0.15) is 12.8 Å². The predicted molar refractivity (Wildman–Crippen MR) is 77.2 cm³/mol. The molecule has 2 aromatic rings. The number of nitrogens with one attached hydrogen (secondary N) is 2. The van der Waals surface area contributed by atoms with Crippen molar-refractivity contribution in [2.24, 2.45) is 11.8 Å². The van der Waals surface area contributed by atoms with Gasteiger partial charge in [-0.25, -0.2) is 4.52 Å². The lowest BCUT2D eigenvalue weighted by Crippen LogP contribution is -2.45. The van der Waals surface area contributed by atoms with Crippen LogP contribution in [0.4, 0.5) is 5.95 Å². The van der Waals surface area contributed by atoms with E-state index in [9.17, 15) is 0 Å². The van der Waals surface area contributed by atoms with Gasteiger partial charge in [-0.2, -0.15) is 4.98 Å². The van der Waals surface area contributed by atoms with E-state index in [-0.39, 0.29) is 0 Å². The molecular weight excluding hydrogens is 306 g/mol. The zero-order chi connectivity index (χ0) is 12.8. The summed E-state index contributed by atoms with van der Waals surface area (Å²) in [7, 11) is 0. The average Bonchev–Trinajstić information content (AvgIpc) is 2.89. The molecule has 0 radical (unpaired) electrons. The number of pyridine rings is 1. The highest BCUT2D eigenvalue weighted by atomic mass is 79.9. The number of hydrogen-bond acceptors (Lipinski definition) is 4. The van der Waals surface area contributed by atoms with Gasteiger partial charge in [0.15, 0.2) is 5.65 Å². The molecule has 2 N–H and O–H groups in total. The van der Waals surface area contributed by atoms with Crippen molar-refractivity contribution in [2.75, 3.05) is 18.4 Å². The Labute approximate surface area is 119 Å². The Morgan fingerprint density at radius 2 is 2.11 bits per heavy atom. The summed E-state index contributed by atoms with van der Waals surface area (Å²) in [6.07, 6.45) is 4.55. The Bertz CT molecular complexity index is 594. The van der Waals surface area contributed by atoms with Gasteiger partial charge in [0.05, 0.1) is 4.47 Å². The molecule has 19 heavy (non-hydrogen) atoms. The topological polar surface area (TPSA) is 54.2 Å². The van der Waals surface area contributed by atoms with Gasteiger partial charge >= 0.3 is 0 Å². The van der Waals surface area contributed by atoms with Gasteiger partial charge in [-0.15, -0.1) is 5.10 Å². The number of piperidine rings is 1. The van der Waals surface area contributed by atoms with Gasteiger partial charge in [0.25, 0.3) is 0 Å². The van der Waals surface area contributed by atoms with Crippen LogP contribution in [0.2, 0.25) is 0 Å². The van der Waals surface area contributed by atoms with E-state index in [0.29, 0.717) is 17.9 Å². The third-order valence-corrected chi connectivity index (χ3v) is 4.97. The van der Waals surface area contributed by atoms with Gasteiger partial charge in [-0.1, -0.05) is 0 Å². The van der Waals surface area contributed by atoms with Crippen molar-refractivity contribution in [3.63, 3.8) is 0 Å². The van der Waals surface area contributed by atoms with E-state index in [1.165, 1.54) is 12.8 Å². The normalized spacial score (nSPS) is 29.8. The van der Waals surface area contributed by atoms with Crippen molar-refractivity contribution < 1.29 is 0 Å². The number of aromatic nitrogens is 3. The van der Waals surface area contributed by atoms with Crippen LogP contribution in [0.3, 0.4) is 0 Å². The highest BCUT2D eigenvalue weighted by molar-refractivity contribution is 9.10. The van der Waals surface area contributed by atoms with Crippen LogP contribution in [0.15, 0.2) is 22.8 Å². The molecule has 2 unspecified atom stereocenters.